The molecule has 110 valence electrons. The summed E-state index contributed by atoms with van der Waals surface area (Å²) in [6.07, 6.45) is 3.44. The third-order valence-corrected chi connectivity index (χ3v) is 4.05. The number of nitrogens with zero attached hydrogens (tertiary/aromatic N) is 2. The van der Waals surface area contributed by atoms with E-state index >= 15 is 0 Å². The molecule has 0 amide bonds. The largest absolute Gasteiger partial charge is 0.396 e. The van der Waals surface area contributed by atoms with Crippen molar-refractivity contribution in [2.24, 2.45) is 10.4 Å². The van der Waals surface area contributed by atoms with Crippen LogP contribution in [0.4, 0.5) is 0 Å². The first kappa shape index (κ1) is 14.9. The Morgan fingerprint density at radius 3 is 2.50 bits per heavy atom. The lowest BCUT2D eigenvalue weighted by Gasteiger charge is -2.41. The molecule has 2 N–H and O–H groups in total. The molecular formula is C16H25N3O. The van der Waals surface area contributed by atoms with Crippen LogP contribution < -0.4 is 5.32 Å². The fourth-order valence-electron chi connectivity index (χ4n) is 2.44. The SMILES string of the molecule is CN(C)C(=NCc1ccccc1)NCC1(CO)CCC1. The van der Waals surface area contributed by atoms with E-state index in [9.17, 15) is 5.11 Å². The van der Waals surface area contributed by atoms with Crippen molar-refractivity contribution in [3.05, 3.63) is 35.9 Å². The second-order valence-corrected chi connectivity index (χ2v) is 5.89. The minimum absolute atomic E-state index is 0.0729. The second kappa shape index (κ2) is 6.75. The monoisotopic (exact) mass is 275 g/mol. The molecule has 4 heteroatoms. The quantitative estimate of drug-likeness (QED) is 0.637. The Hall–Kier alpha value is -1.55. The molecule has 1 aromatic rings. The molecule has 0 unspecified atom stereocenters. The molecule has 1 aromatic carbocycles. The molecule has 0 aromatic heterocycles. The van der Waals surface area contributed by atoms with Crippen molar-refractivity contribution in [1.29, 1.82) is 0 Å². The van der Waals surface area contributed by atoms with Gasteiger partial charge in [0.2, 0.25) is 0 Å². The smallest absolute Gasteiger partial charge is 0.193 e. The van der Waals surface area contributed by atoms with Crippen LogP contribution in [0.25, 0.3) is 0 Å². The number of aliphatic imine (C=N–C) groups is 1. The second-order valence-electron chi connectivity index (χ2n) is 5.89. The molecule has 0 atom stereocenters. The van der Waals surface area contributed by atoms with E-state index in [2.05, 4.69) is 22.4 Å². The van der Waals surface area contributed by atoms with Gasteiger partial charge in [-0.3, -0.25) is 0 Å². The molecular weight excluding hydrogens is 250 g/mol. The Balaban J connectivity index is 1.93. The van der Waals surface area contributed by atoms with Gasteiger partial charge in [-0.25, -0.2) is 4.99 Å². The average molecular weight is 275 g/mol. The Labute approximate surface area is 121 Å². The van der Waals surface area contributed by atoms with Crippen LogP contribution in [0.1, 0.15) is 24.8 Å². The molecule has 1 fully saturated rings. The lowest BCUT2D eigenvalue weighted by Crippen LogP contribution is -2.47. The fourth-order valence-corrected chi connectivity index (χ4v) is 2.44. The molecule has 0 spiro atoms. The van der Waals surface area contributed by atoms with Gasteiger partial charge in [-0.05, 0) is 18.4 Å². The van der Waals surface area contributed by atoms with Crippen LogP contribution in [0, 0.1) is 5.41 Å². The van der Waals surface area contributed by atoms with Gasteiger partial charge in [0.25, 0.3) is 0 Å². The highest BCUT2D eigenvalue weighted by molar-refractivity contribution is 5.79. The van der Waals surface area contributed by atoms with Crippen LogP contribution in [0.5, 0.6) is 0 Å². The number of guanidine groups is 1. The molecule has 1 aliphatic rings. The number of hydrogen-bond acceptors (Lipinski definition) is 2. The number of benzene rings is 1. The van der Waals surface area contributed by atoms with E-state index in [1.54, 1.807) is 0 Å². The number of aliphatic hydroxyl groups is 1. The standard InChI is InChI=1S/C16H25N3O/c1-19(2)15(17-11-14-7-4-3-5-8-14)18-12-16(13-20)9-6-10-16/h3-5,7-8,20H,6,9-13H2,1-2H3,(H,17,18). The first-order chi connectivity index (χ1) is 9.65. The Kier molecular flexibility index (Phi) is 5.01. The van der Waals surface area contributed by atoms with Gasteiger partial charge >= 0.3 is 0 Å². The van der Waals surface area contributed by atoms with Gasteiger partial charge in [0.05, 0.1) is 13.2 Å². The summed E-state index contributed by atoms with van der Waals surface area (Å²) in [4.78, 5) is 6.63. The van der Waals surface area contributed by atoms with E-state index in [0.29, 0.717) is 6.54 Å². The van der Waals surface area contributed by atoms with Gasteiger partial charge < -0.3 is 15.3 Å². The van der Waals surface area contributed by atoms with Crippen LogP contribution >= 0.6 is 0 Å². The topological polar surface area (TPSA) is 47.9 Å². The Morgan fingerprint density at radius 2 is 2.00 bits per heavy atom. The highest BCUT2D eigenvalue weighted by atomic mass is 16.3. The molecule has 2 rings (SSSR count). The van der Waals surface area contributed by atoms with Crippen LogP contribution in [0.15, 0.2) is 35.3 Å². The maximum atomic E-state index is 9.50. The predicted octanol–water partition coefficient (Wildman–Crippen LogP) is 1.86. The van der Waals surface area contributed by atoms with E-state index in [1.165, 1.54) is 12.0 Å². The molecule has 0 heterocycles. The highest BCUT2D eigenvalue weighted by Crippen LogP contribution is 2.39. The van der Waals surface area contributed by atoms with Crippen molar-refractivity contribution in [1.82, 2.24) is 10.2 Å². The van der Waals surface area contributed by atoms with Gasteiger partial charge in [-0.1, -0.05) is 36.8 Å². The molecule has 0 saturated heterocycles. The first-order valence-electron chi connectivity index (χ1n) is 7.26. The third kappa shape index (κ3) is 3.73. The Morgan fingerprint density at radius 1 is 1.30 bits per heavy atom. The van der Waals surface area contributed by atoms with E-state index < -0.39 is 0 Å². The van der Waals surface area contributed by atoms with Crippen LogP contribution in [0.3, 0.4) is 0 Å². The number of aliphatic hydroxyl groups excluding tert-OH is 1. The zero-order valence-corrected chi connectivity index (χ0v) is 12.5. The van der Waals surface area contributed by atoms with Gasteiger partial charge in [0, 0.05) is 26.1 Å². The van der Waals surface area contributed by atoms with E-state index in [-0.39, 0.29) is 12.0 Å². The summed E-state index contributed by atoms with van der Waals surface area (Å²) in [5, 5.41) is 12.9. The minimum atomic E-state index is 0.0729. The third-order valence-electron chi connectivity index (χ3n) is 4.05. The lowest BCUT2D eigenvalue weighted by molar-refractivity contribution is 0.0486. The molecule has 0 aliphatic heterocycles. The normalized spacial score (nSPS) is 17.4. The maximum Gasteiger partial charge on any atom is 0.193 e. The summed E-state index contributed by atoms with van der Waals surface area (Å²) in [5.41, 5.74) is 1.28. The summed E-state index contributed by atoms with van der Waals surface area (Å²) in [6.45, 7) is 1.74. The van der Waals surface area contributed by atoms with E-state index in [1.807, 2.05) is 37.2 Å². The van der Waals surface area contributed by atoms with Crippen molar-refractivity contribution in [3.63, 3.8) is 0 Å². The summed E-state index contributed by atoms with van der Waals surface area (Å²) in [5.74, 6) is 0.883. The summed E-state index contributed by atoms with van der Waals surface area (Å²) in [7, 11) is 3.98. The summed E-state index contributed by atoms with van der Waals surface area (Å²) < 4.78 is 0. The van der Waals surface area contributed by atoms with E-state index in [0.717, 1.165) is 25.3 Å². The Bertz CT molecular complexity index is 433. The maximum absolute atomic E-state index is 9.50. The molecule has 0 bridgehead atoms. The molecule has 4 nitrogen and oxygen atoms in total. The zero-order chi connectivity index (χ0) is 14.4. The molecule has 1 saturated carbocycles. The summed E-state index contributed by atoms with van der Waals surface area (Å²) in [6, 6.07) is 10.2. The van der Waals surface area contributed by atoms with Gasteiger partial charge in [0.15, 0.2) is 5.96 Å². The van der Waals surface area contributed by atoms with Crippen molar-refractivity contribution in [3.8, 4) is 0 Å². The summed E-state index contributed by atoms with van der Waals surface area (Å²) >= 11 is 0. The zero-order valence-electron chi connectivity index (χ0n) is 12.5. The van der Waals surface area contributed by atoms with Gasteiger partial charge in [-0.15, -0.1) is 0 Å². The van der Waals surface area contributed by atoms with Crippen molar-refractivity contribution in [2.45, 2.75) is 25.8 Å². The number of hydrogen-bond donors (Lipinski definition) is 2. The number of rotatable bonds is 5. The van der Waals surface area contributed by atoms with Gasteiger partial charge in [0.1, 0.15) is 0 Å². The van der Waals surface area contributed by atoms with Crippen molar-refractivity contribution in [2.75, 3.05) is 27.2 Å². The predicted molar refractivity (Wildman–Crippen MR) is 82.6 cm³/mol. The molecule has 1 aliphatic carbocycles. The van der Waals surface area contributed by atoms with Crippen LogP contribution in [-0.2, 0) is 6.54 Å². The van der Waals surface area contributed by atoms with Crippen LogP contribution in [0.2, 0.25) is 0 Å². The minimum Gasteiger partial charge on any atom is -0.396 e. The lowest BCUT2D eigenvalue weighted by atomic mass is 9.69. The van der Waals surface area contributed by atoms with E-state index in [4.69, 9.17) is 0 Å². The van der Waals surface area contributed by atoms with Crippen LogP contribution in [-0.4, -0.2) is 43.2 Å². The number of nitrogens with one attached hydrogen (secondary N) is 1. The van der Waals surface area contributed by atoms with Crippen molar-refractivity contribution >= 4 is 5.96 Å². The molecule has 20 heavy (non-hydrogen) atoms. The average Bonchev–Trinajstić information content (AvgIpc) is 2.42. The molecule has 0 radical (unpaired) electrons. The highest BCUT2D eigenvalue weighted by Gasteiger charge is 2.36. The van der Waals surface area contributed by atoms with Crippen molar-refractivity contribution < 1.29 is 5.11 Å². The fraction of sp³-hybridized carbons (Fsp3) is 0.562. The van der Waals surface area contributed by atoms with Gasteiger partial charge in [-0.2, -0.15) is 0 Å². The first-order valence-corrected chi connectivity index (χ1v) is 7.26.